The largest absolute Gasteiger partial charge is 0.299 e. The van der Waals surface area contributed by atoms with Crippen molar-refractivity contribution in [1.29, 1.82) is 0 Å². The number of ketones is 1. The van der Waals surface area contributed by atoms with Crippen LogP contribution in [0.4, 0.5) is 0 Å². The Morgan fingerprint density at radius 1 is 1.35 bits per heavy atom. The fraction of sp³-hybridized carbons (Fsp3) is 0.640. The molecule has 4 rings (SSSR count). The average Bonchev–Trinajstić information content (AvgIpc) is 2.86. The molecule has 0 N–H and O–H groups in total. The predicted octanol–water partition coefficient (Wildman–Crippen LogP) is 6.25. The molecule has 0 bridgehead atoms. The second-order valence-electron chi connectivity index (χ2n) is 9.52. The van der Waals surface area contributed by atoms with Crippen molar-refractivity contribution in [3.63, 3.8) is 0 Å². The first-order valence-corrected chi connectivity index (χ1v) is 10.7. The Kier molecular flexibility index (Phi) is 4.61. The zero-order valence-corrected chi connectivity index (χ0v) is 16.8. The first-order valence-electron chi connectivity index (χ1n) is 10.7. The van der Waals surface area contributed by atoms with Gasteiger partial charge in [0.05, 0.1) is 0 Å². The van der Waals surface area contributed by atoms with Crippen LogP contribution < -0.4 is 0 Å². The molecule has 0 radical (unpaired) electrons. The Morgan fingerprint density at radius 2 is 2.15 bits per heavy atom. The van der Waals surface area contributed by atoms with Gasteiger partial charge in [0.1, 0.15) is 5.78 Å². The van der Waals surface area contributed by atoms with Crippen LogP contribution in [0.25, 0.3) is 0 Å². The number of hydrogen-bond acceptors (Lipinski definition) is 1. The van der Waals surface area contributed by atoms with Crippen molar-refractivity contribution in [2.45, 2.75) is 71.6 Å². The van der Waals surface area contributed by atoms with Crippen LogP contribution >= 0.6 is 0 Å². The number of Topliss-reactive ketones (excluding diaryl/α,β-unsaturated/α-hetero) is 1. The molecular formula is C25H34O. The smallest absolute Gasteiger partial charge is 0.142 e. The van der Waals surface area contributed by atoms with Crippen molar-refractivity contribution in [2.75, 3.05) is 0 Å². The highest BCUT2D eigenvalue weighted by Crippen LogP contribution is 2.62. The van der Waals surface area contributed by atoms with Gasteiger partial charge in [-0.3, -0.25) is 4.79 Å². The Labute approximate surface area is 159 Å². The standard InChI is InChI=1S/C25H34O/c1-5-7-17-14-19-13-16(3)9-10-20(19)21-11-12-25(4)22(23(17)21)15-18(8-6-2)24(25)26/h6,9-10,13,17-18,21-23H,2,5,7-8,11-12,14-15H2,1,3-4H3/t17?,18-,21?,22?,23?,25+/m1/s1. The zero-order valence-electron chi connectivity index (χ0n) is 16.8. The lowest BCUT2D eigenvalue weighted by Gasteiger charge is -2.51. The van der Waals surface area contributed by atoms with Gasteiger partial charge in [0.15, 0.2) is 0 Å². The Morgan fingerprint density at radius 3 is 2.88 bits per heavy atom. The third kappa shape index (κ3) is 2.62. The summed E-state index contributed by atoms with van der Waals surface area (Å²) in [7, 11) is 0. The van der Waals surface area contributed by atoms with Crippen molar-refractivity contribution in [1.82, 2.24) is 0 Å². The minimum Gasteiger partial charge on any atom is -0.299 e. The SMILES string of the molecule is C=CC[C@@H]1CC2C3C(CCC)Cc4cc(C)ccc4C3CC[C@]2(C)C1=O. The molecule has 140 valence electrons. The van der Waals surface area contributed by atoms with Crippen molar-refractivity contribution >= 4 is 5.78 Å². The van der Waals surface area contributed by atoms with E-state index < -0.39 is 0 Å². The van der Waals surface area contributed by atoms with E-state index in [-0.39, 0.29) is 11.3 Å². The van der Waals surface area contributed by atoms with Gasteiger partial charge in [-0.1, -0.05) is 56.5 Å². The molecule has 0 aliphatic heterocycles. The minimum atomic E-state index is -0.0803. The summed E-state index contributed by atoms with van der Waals surface area (Å²) in [6.07, 6.45) is 9.99. The molecule has 26 heavy (non-hydrogen) atoms. The summed E-state index contributed by atoms with van der Waals surface area (Å²) in [6, 6.07) is 7.14. The molecular weight excluding hydrogens is 316 g/mol. The third-order valence-corrected chi connectivity index (χ3v) is 8.03. The molecule has 0 heterocycles. The molecule has 1 heteroatoms. The van der Waals surface area contributed by atoms with E-state index in [1.54, 1.807) is 11.1 Å². The van der Waals surface area contributed by atoms with Crippen LogP contribution in [-0.4, -0.2) is 5.78 Å². The number of fused-ring (bicyclic) bond motifs is 5. The lowest BCUT2D eigenvalue weighted by Crippen LogP contribution is -2.46. The number of carbonyl (C=O) groups excluding carboxylic acids is 1. The molecule has 3 aliphatic carbocycles. The summed E-state index contributed by atoms with van der Waals surface area (Å²) in [5, 5.41) is 0. The molecule has 3 aliphatic rings. The molecule has 2 fully saturated rings. The molecule has 4 unspecified atom stereocenters. The predicted molar refractivity (Wildman–Crippen MR) is 108 cm³/mol. The molecule has 1 aromatic rings. The van der Waals surface area contributed by atoms with Gasteiger partial charge in [-0.25, -0.2) is 0 Å². The van der Waals surface area contributed by atoms with Crippen LogP contribution in [0.3, 0.4) is 0 Å². The number of rotatable bonds is 4. The van der Waals surface area contributed by atoms with Crippen LogP contribution in [0.1, 0.15) is 75.0 Å². The summed E-state index contributed by atoms with van der Waals surface area (Å²) in [5.74, 6) is 3.46. The maximum absolute atomic E-state index is 13.2. The second kappa shape index (κ2) is 6.66. The molecule has 0 amide bonds. The molecule has 1 nitrogen and oxygen atoms in total. The molecule has 2 saturated carbocycles. The average molecular weight is 351 g/mol. The summed E-state index contributed by atoms with van der Waals surface area (Å²) in [4.78, 5) is 13.2. The van der Waals surface area contributed by atoms with E-state index in [1.807, 2.05) is 6.08 Å². The number of benzene rings is 1. The second-order valence-corrected chi connectivity index (χ2v) is 9.52. The summed E-state index contributed by atoms with van der Waals surface area (Å²) in [5.41, 5.74) is 4.51. The van der Waals surface area contributed by atoms with Crippen LogP contribution in [-0.2, 0) is 11.2 Å². The van der Waals surface area contributed by atoms with E-state index in [0.717, 1.165) is 25.2 Å². The van der Waals surface area contributed by atoms with Crippen LogP contribution in [0.5, 0.6) is 0 Å². The lowest BCUT2D eigenvalue weighted by atomic mass is 9.52. The fourth-order valence-electron chi connectivity index (χ4n) is 6.92. The highest BCUT2D eigenvalue weighted by molar-refractivity contribution is 5.89. The molecule has 1 aromatic carbocycles. The van der Waals surface area contributed by atoms with E-state index in [2.05, 4.69) is 45.5 Å². The van der Waals surface area contributed by atoms with Gasteiger partial charge in [-0.05, 0) is 73.8 Å². The van der Waals surface area contributed by atoms with E-state index in [0.29, 0.717) is 23.5 Å². The lowest BCUT2D eigenvalue weighted by molar-refractivity contribution is -0.132. The number of hydrogen-bond donors (Lipinski definition) is 0. The van der Waals surface area contributed by atoms with Gasteiger partial charge in [0.2, 0.25) is 0 Å². The first kappa shape index (κ1) is 18.0. The quantitative estimate of drug-likeness (QED) is 0.587. The van der Waals surface area contributed by atoms with Gasteiger partial charge < -0.3 is 0 Å². The summed E-state index contributed by atoms with van der Waals surface area (Å²) < 4.78 is 0. The van der Waals surface area contributed by atoms with Gasteiger partial charge >= 0.3 is 0 Å². The monoisotopic (exact) mass is 350 g/mol. The van der Waals surface area contributed by atoms with Crippen molar-refractivity contribution < 1.29 is 4.79 Å². The van der Waals surface area contributed by atoms with Crippen LogP contribution in [0.2, 0.25) is 0 Å². The van der Waals surface area contributed by atoms with Crippen molar-refractivity contribution in [3.8, 4) is 0 Å². The molecule has 6 atom stereocenters. The van der Waals surface area contributed by atoms with Gasteiger partial charge in [0.25, 0.3) is 0 Å². The fourth-order valence-corrected chi connectivity index (χ4v) is 6.92. The molecule has 0 spiro atoms. The summed E-state index contributed by atoms with van der Waals surface area (Å²) in [6.45, 7) is 10.7. The van der Waals surface area contributed by atoms with E-state index in [1.165, 1.54) is 31.2 Å². The van der Waals surface area contributed by atoms with E-state index in [4.69, 9.17) is 0 Å². The minimum absolute atomic E-state index is 0.0803. The number of allylic oxidation sites excluding steroid dienone is 1. The Balaban J connectivity index is 1.75. The summed E-state index contributed by atoms with van der Waals surface area (Å²) >= 11 is 0. The maximum Gasteiger partial charge on any atom is 0.142 e. The number of aryl methyl sites for hydroxylation is 1. The maximum atomic E-state index is 13.2. The Hall–Kier alpha value is -1.37. The van der Waals surface area contributed by atoms with Gasteiger partial charge in [0, 0.05) is 11.3 Å². The van der Waals surface area contributed by atoms with Gasteiger partial charge in [-0.2, -0.15) is 0 Å². The van der Waals surface area contributed by atoms with Gasteiger partial charge in [-0.15, -0.1) is 6.58 Å². The third-order valence-electron chi connectivity index (χ3n) is 8.03. The van der Waals surface area contributed by atoms with Crippen molar-refractivity contribution in [2.24, 2.45) is 29.1 Å². The topological polar surface area (TPSA) is 17.1 Å². The Bertz CT molecular complexity index is 717. The zero-order chi connectivity index (χ0) is 18.5. The molecule has 0 aromatic heterocycles. The highest BCUT2D eigenvalue weighted by atomic mass is 16.1. The van der Waals surface area contributed by atoms with Crippen LogP contribution in [0, 0.1) is 36.0 Å². The number of carbonyl (C=O) groups is 1. The highest BCUT2D eigenvalue weighted by Gasteiger charge is 2.59. The van der Waals surface area contributed by atoms with Crippen LogP contribution in [0.15, 0.2) is 30.9 Å². The molecule has 0 saturated heterocycles. The first-order chi connectivity index (χ1) is 12.5. The van der Waals surface area contributed by atoms with Crippen molar-refractivity contribution in [3.05, 3.63) is 47.5 Å². The van der Waals surface area contributed by atoms with E-state index >= 15 is 0 Å². The van der Waals surface area contributed by atoms with E-state index in [9.17, 15) is 4.79 Å². The normalized spacial score (nSPS) is 38.4.